The van der Waals surface area contributed by atoms with E-state index in [1.165, 1.54) is 24.0 Å². The van der Waals surface area contributed by atoms with Crippen molar-refractivity contribution in [3.63, 3.8) is 0 Å². The molecule has 0 aliphatic carbocycles. The number of hydrogen-bond donors (Lipinski definition) is 2. The van der Waals surface area contributed by atoms with Gasteiger partial charge in [-0.3, -0.25) is 19.3 Å². The third kappa shape index (κ3) is 4.53. The van der Waals surface area contributed by atoms with E-state index in [0.29, 0.717) is 35.9 Å². The fraction of sp³-hybridized carbons (Fsp3) is 0.286. The fourth-order valence-corrected chi connectivity index (χ4v) is 4.60. The summed E-state index contributed by atoms with van der Waals surface area (Å²) in [6.45, 7) is 2.08. The molecule has 2 amide bonds. The Morgan fingerprint density at radius 3 is 2.71 bits per heavy atom. The van der Waals surface area contributed by atoms with E-state index < -0.39 is 22.0 Å². The molecule has 0 saturated carbocycles. The third-order valence-electron chi connectivity index (χ3n) is 4.98. The van der Waals surface area contributed by atoms with E-state index in [2.05, 4.69) is 15.0 Å². The summed E-state index contributed by atoms with van der Waals surface area (Å²) >= 11 is 0. The number of carbonyl (C=O) groups excluding carboxylic acids is 2. The van der Waals surface area contributed by atoms with Crippen LogP contribution < -0.4 is 19.7 Å². The molecule has 0 aromatic heterocycles. The van der Waals surface area contributed by atoms with E-state index in [1.807, 2.05) is 0 Å². The van der Waals surface area contributed by atoms with E-state index >= 15 is 0 Å². The van der Waals surface area contributed by atoms with Gasteiger partial charge >= 0.3 is 0 Å². The molecule has 0 radical (unpaired) electrons. The molecule has 1 atom stereocenters. The lowest BCUT2D eigenvalue weighted by molar-refractivity contribution is -0.123. The summed E-state index contributed by atoms with van der Waals surface area (Å²) in [4.78, 5) is 30.5. The average Bonchev–Trinajstić information content (AvgIpc) is 3.25. The summed E-state index contributed by atoms with van der Waals surface area (Å²) in [6.07, 6.45) is 0.462. The molecule has 4 rings (SSSR count). The molecule has 2 aliphatic heterocycles. The van der Waals surface area contributed by atoms with Gasteiger partial charge in [-0.25, -0.2) is 8.42 Å². The highest BCUT2D eigenvalue weighted by atomic mass is 32.2. The molecular formula is C21H22N4O5S. The van der Waals surface area contributed by atoms with E-state index in [9.17, 15) is 18.0 Å². The summed E-state index contributed by atoms with van der Waals surface area (Å²) in [5, 5.41) is 2.68. The number of ether oxygens (including phenoxy) is 1. The molecule has 0 saturated heterocycles. The van der Waals surface area contributed by atoms with Gasteiger partial charge in [-0.1, -0.05) is 18.2 Å². The van der Waals surface area contributed by atoms with Crippen LogP contribution in [0.15, 0.2) is 58.4 Å². The van der Waals surface area contributed by atoms with E-state index in [1.54, 1.807) is 36.4 Å². The smallest absolute Gasteiger partial charge is 0.267 e. The Hall–Kier alpha value is -3.40. The van der Waals surface area contributed by atoms with Crippen molar-refractivity contribution < 1.29 is 22.7 Å². The van der Waals surface area contributed by atoms with Gasteiger partial charge in [0.2, 0.25) is 5.91 Å². The minimum Gasteiger partial charge on any atom is -0.476 e. The zero-order valence-corrected chi connectivity index (χ0v) is 17.7. The molecule has 10 heteroatoms. The van der Waals surface area contributed by atoms with Crippen LogP contribution in [0.4, 0.5) is 11.4 Å². The van der Waals surface area contributed by atoms with Crippen molar-refractivity contribution in [2.45, 2.75) is 30.8 Å². The predicted molar refractivity (Wildman–Crippen MR) is 116 cm³/mol. The second-order valence-corrected chi connectivity index (χ2v) is 8.94. The van der Waals surface area contributed by atoms with Crippen LogP contribution in [0.2, 0.25) is 0 Å². The first-order valence-electron chi connectivity index (χ1n) is 9.84. The maximum Gasteiger partial charge on any atom is 0.267 e. The third-order valence-corrected chi connectivity index (χ3v) is 6.36. The zero-order chi connectivity index (χ0) is 22.0. The van der Waals surface area contributed by atoms with Crippen molar-refractivity contribution in [2.75, 3.05) is 23.3 Å². The average molecular weight is 442 g/mol. The highest BCUT2D eigenvalue weighted by Gasteiger charge is 2.32. The summed E-state index contributed by atoms with van der Waals surface area (Å²) in [6, 6.07) is 12.9. The van der Waals surface area contributed by atoms with E-state index in [0.717, 1.165) is 6.42 Å². The largest absolute Gasteiger partial charge is 0.476 e. The minimum atomic E-state index is -3.80. The van der Waals surface area contributed by atoms with Gasteiger partial charge in [-0.05, 0) is 36.8 Å². The predicted octanol–water partition coefficient (Wildman–Crippen LogP) is 1.91. The fourth-order valence-electron chi connectivity index (χ4n) is 3.47. The molecule has 31 heavy (non-hydrogen) atoms. The lowest BCUT2D eigenvalue weighted by Crippen LogP contribution is -2.48. The number of nitrogens with one attached hydrogen (secondary N) is 2. The van der Waals surface area contributed by atoms with Crippen LogP contribution in [0, 0.1) is 0 Å². The maximum absolute atomic E-state index is 12.8. The van der Waals surface area contributed by atoms with Crippen molar-refractivity contribution in [1.29, 1.82) is 0 Å². The molecule has 1 unspecified atom stereocenters. The van der Waals surface area contributed by atoms with Crippen LogP contribution in [0.3, 0.4) is 0 Å². The first-order valence-corrected chi connectivity index (χ1v) is 11.3. The van der Waals surface area contributed by atoms with Gasteiger partial charge in [0.1, 0.15) is 11.6 Å². The summed E-state index contributed by atoms with van der Waals surface area (Å²) in [5.41, 5.74) is 0.908. The molecular weight excluding hydrogens is 420 g/mol. The summed E-state index contributed by atoms with van der Waals surface area (Å²) in [7, 11) is -3.80. The Labute approximate surface area is 180 Å². The molecule has 0 fully saturated rings. The maximum atomic E-state index is 12.8. The first-order chi connectivity index (χ1) is 14.8. The van der Waals surface area contributed by atoms with Crippen molar-refractivity contribution in [3.8, 4) is 5.75 Å². The van der Waals surface area contributed by atoms with Gasteiger partial charge in [0.15, 0.2) is 6.10 Å². The van der Waals surface area contributed by atoms with E-state index in [4.69, 9.17) is 4.74 Å². The van der Waals surface area contributed by atoms with Gasteiger partial charge in [-0.15, -0.1) is 0 Å². The number of benzene rings is 2. The summed E-state index contributed by atoms with van der Waals surface area (Å²) < 4.78 is 33.5. The topological polar surface area (TPSA) is 117 Å². The molecule has 2 aromatic carbocycles. The quantitative estimate of drug-likeness (QED) is 0.750. The minimum absolute atomic E-state index is 0.0140. The number of anilines is 2. The molecule has 0 bridgehead atoms. The molecule has 162 valence electrons. The Morgan fingerprint density at radius 1 is 1.16 bits per heavy atom. The van der Waals surface area contributed by atoms with Crippen LogP contribution in [-0.2, 0) is 19.6 Å². The van der Waals surface area contributed by atoms with Crippen LogP contribution in [-0.4, -0.2) is 45.3 Å². The number of rotatable bonds is 4. The Morgan fingerprint density at radius 2 is 1.97 bits per heavy atom. The highest BCUT2D eigenvalue weighted by molar-refractivity contribution is 7.90. The second-order valence-electron chi connectivity index (χ2n) is 7.26. The number of amides is 2. The standard InChI is InChI=1S/C21H22N4O5S/c1-14(26)25-13-19(30-18-9-3-2-8-17(18)25)21(27)23-15-6-4-7-16(12-15)31(28,29)24-20-10-5-11-22-20/h2-4,6-9,12,19H,5,10-11,13H2,1H3,(H,22,24)(H,23,27). The van der Waals surface area contributed by atoms with Crippen molar-refractivity contribution >= 4 is 39.0 Å². The van der Waals surface area contributed by atoms with Gasteiger partial charge < -0.3 is 15.0 Å². The van der Waals surface area contributed by atoms with Crippen LogP contribution in [0.1, 0.15) is 19.8 Å². The monoisotopic (exact) mass is 442 g/mol. The lowest BCUT2D eigenvalue weighted by atomic mass is 10.1. The molecule has 9 nitrogen and oxygen atoms in total. The zero-order valence-electron chi connectivity index (χ0n) is 16.9. The number of sulfonamides is 1. The molecule has 2 heterocycles. The molecule has 2 aliphatic rings. The lowest BCUT2D eigenvalue weighted by Gasteiger charge is -2.33. The van der Waals surface area contributed by atoms with Crippen LogP contribution in [0.5, 0.6) is 5.75 Å². The number of fused-ring (bicyclic) bond motifs is 1. The van der Waals surface area contributed by atoms with Gasteiger partial charge in [0.25, 0.3) is 15.9 Å². The van der Waals surface area contributed by atoms with Gasteiger partial charge in [-0.2, -0.15) is 0 Å². The number of aliphatic imine (C=N–C) groups is 1. The van der Waals surface area contributed by atoms with Crippen molar-refractivity contribution in [2.24, 2.45) is 4.99 Å². The van der Waals surface area contributed by atoms with E-state index in [-0.39, 0.29) is 17.3 Å². The normalized spacial score (nSPS) is 17.9. The number of amidine groups is 1. The van der Waals surface area contributed by atoms with Crippen LogP contribution in [0.25, 0.3) is 0 Å². The number of carbonyl (C=O) groups is 2. The molecule has 0 spiro atoms. The Balaban J connectivity index is 1.50. The highest BCUT2D eigenvalue weighted by Crippen LogP contribution is 2.33. The number of para-hydroxylation sites is 2. The first kappa shape index (κ1) is 20.9. The molecule has 2 N–H and O–H groups in total. The van der Waals surface area contributed by atoms with Gasteiger partial charge in [0.05, 0.1) is 17.1 Å². The number of hydrogen-bond acceptors (Lipinski definition) is 6. The van der Waals surface area contributed by atoms with Crippen LogP contribution >= 0.6 is 0 Å². The molecule has 2 aromatic rings. The number of nitrogens with zero attached hydrogens (tertiary/aromatic N) is 2. The Bertz CT molecular complexity index is 1160. The summed E-state index contributed by atoms with van der Waals surface area (Å²) in [5.74, 6) is 0.181. The van der Waals surface area contributed by atoms with Crippen molar-refractivity contribution in [3.05, 3.63) is 48.5 Å². The SMILES string of the molecule is CC(=O)N1CC(C(=O)Nc2cccc(S(=O)(=O)NC3=NCCC3)c2)Oc2ccccc21. The Kier molecular flexibility index (Phi) is 5.64. The second kappa shape index (κ2) is 8.38. The van der Waals surface area contributed by atoms with Crippen molar-refractivity contribution in [1.82, 2.24) is 4.72 Å². The van der Waals surface area contributed by atoms with Gasteiger partial charge in [0, 0.05) is 25.6 Å².